The average molecular weight is 582 g/mol. The zero-order valence-corrected chi connectivity index (χ0v) is 23.9. The predicted octanol–water partition coefficient (Wildman–Crippen LogP) is 12.6. The number of benzene rings is 8. The zero-order valence-electron chi connectivity index (χ0n) is 32.9. The van der Waals surface area contributed by atoms with Crippen molar-refractivity contribution in [1.29, 1.82) is 0 Å². The van der Waals surface area contributed by atoms with E-state index in [0.29, 0.717) is 16.3 Å². The minimum Gasteiger partial charge on any atom is -0.455 e. The first kappa shape index (κ1) is 18.0. The van der Waals surface area contributed by atoms with Gasteiger partial charge in [-0.2, -0.15) is 0 Å². The first-order valence-electron chi connectivity index (χ1n) is 19.2. The number of para-hydroxylation sites is 1. The molecular formula is C44H28O. The Balaban J connectivity index is 1.34. The van der Waals surface area contributed by atoms with E-state index in [9.17, 15) is 1.37 Å². The molecule has 210 valence electrons. The van der Waals surface area contributed by atoms with Crippen LogP contribution in [0.3, 0.4) is 0 Å². The van der Waals surface area contributed by atoms with Crippen molar-refractivity contribution in [1.82, 2.24) is 0 Å². The lowest BCUT2D eigenvalue weighted by Crippen LogP contribution is -1.91. The van der Waals surface area contributed by atoms with E-state index in [0.717, 1.165) is 55.0 Å². The van der Waals surface area contributed by atoms with Gasteiger partial charge in [0.25, 0.3) is 0 Å². The molecule has 0 aliphatic carbocycles. The first-order valence-corrected chi connectivity index (χ1v) is 14.7. The predicted molar refractivity (Wildman–Crippen MR) is 190 cm³/mol. The molecule has 0 atom stereocenters. The van der Waals surface area contributed by atoms with Crippen LogP contribution in [-0.4, -0.2) is 0 Å². The minimum atomic E-state index is -0.606. The molecule has 8 aromatic carbocycles. The maximum absolute atomic E-state index is 9.51. The van der Waals surface area contributed by atoms with Gasteiger partial charge in [0.05, 0.1) is 12.3 Å². The number of rotatable bonds is 4. The maximum atomic E-state index is 9.51. The molecule has 9 rings (SSSR count). The summed E-state index contributed by atoms with van der Waals surface area (Å²) in [4.78, 5) is 0. The first-order chi connectivity index (χ1) is 26.1. The molecule has 0 N–H and O–H groups in total. The summed E-state index contributed by atoms with van der Waals surface area (Å²) in [5, 5.41) is 5.00. The van der Waals surface area contributed by atoms with E-state index < -0.39 is 42.3 Å². The Labute approximate surface area is 274 Å². The summed E-state index contributed by atoms with van der Waals surface area (Å²) in [5.41, 5.74) is 5.27. The van der Waals surface area contributed by atoms with Crippen LogP contribution < -0.4 is 0 Å². The van der Waals surface area contributed by atoms with Gasteiger partial charge in [-0.3, -0.25) is 0 Å². The maximum Gasteiger partial charge on any atom is 0.143 e. The van der Waals surface area contributed by atoms with E-state index in [2.05, 4.69) is 36.4 Å². The fourth-order valence-electron chi connectivity index (χ4n) is 6.48. The summed E-state index contributed by atoms with van der Waals surface area (Å²) < 4.78 is 84.9. The minimum absolute atomic E-state index is 0.0398. The van der Waals surface area contributed by atoms with Crippen LogP contribution in [0.15, 0.2) is 174 Å². The molecule has 0 saturated carbocycles. The Morgan fingerprint density at radius 2 is 1.00 bits per heavy atom. The number of hydrogen-bond donors (Lipinski definition) is 0. The van der Waals surface area contributed by atoms with Gasteiger partial charge in [0.2, 0.25) is 0 Å². The van der Waals surface area contributed by atoms with Gasteiger partial charge in [-0.15, -0.1) is 0 Å². The Bertz CT molecular complexity index is 2960. The summed E-state index contributed by atoms with van der Waals surface area (Å²) in [6.07, 6.45) is 0. The van der Waals surface area contributed by atoms with Crippen molar-refractivity contribution in [3.63, 3.8) is 0 Å². The standard InChI is InChI=1S/C44H28O/c1-3-13-29(14-4-1)31-17-11-18-32(27-31)42-36-19-7-9-21-38(36)43(39-22-10-8-20-37(39)42)33-25-26-35-40-24-12-23-34(30-15-5-2-6-16-30)44(40)45-41(35)28-33/h1-28H/i1D,3D,4D,11D,13D,14D,17D,18D,27D. The smallest absolute Gasteiger partial charge is 0.143 e. The van der Waals surface area contributed by atoms with Gasteiger partial charge in [-0.1, -0.05) is 151 Å². The Morgan fingerprint density at radius 3 is 1.71 bits per heavy atom. The van der Waals surface area contributed by atoms with Crippen molar-refractivity contribution in [3.05, 3.63) is 170 Å². The molecule has 0 aliphatic heterocycles. The van der Waals surface area contributed by atoms with Gasteiger partial charge in [-0.05, 0) is 78.7 Å². The van der Waals surface area contributed by atoms with Crippen LogP contribution in [0.5, 0.6) is 0 Å². The molecule has 0 amide bonds. The summed E-state index contributed by atoms with van der Waals surface area (Å²) >= 11 is 0. The van der Waals surface area contributed by atoms with Gasteiger partial charge in [0.15, 0.2) is 0 Å². The van der Waals surface area contributed by atoms with Crippen LogP contribution >= 0.6 is 0 Å². The Hall–Kier alpha value is -5.92. The second kappa shape index (κ2) is 10.4. The molecular weight excluding hydrogens is 544 g/mol. The normalized spacial score (nSPS) is 14.4. The van der Waals surface area contributed by atoms with Crippen molar-refractivity contribution < 1.29 is 16.8 Å². The second-order valence-electron chi connectivity index (χ2n) is 11.0. The highest BCUT2D eigenvalue weighted by molar-refractivity contribution is 6.22. The molecule has 0 fully saturated rings. The van der Waals surface area contributed by atoms with Crippen molar-refractivity contribution in [2.45, 2.75) is 0 Å². The summed E-state index contributed by atoms with van der Waals surface area (Å²) in [6.45, 7) is 0. The molecule has 0 unspecified atom stereocenters. The molecule has 0 radical (unpaired) electrons. The van der Waals surface area contributed by atoms with E-state index in [1.165, 1.54) is 0 Å². The molecule has 0 saturated heterocycles. The molecule has 1 aromatic heterocycles. The van der Waals surface area contributed by atoms with E-state index in [4.69, 9.17) is 15.4 Å². The van der Waals surface area contributed by atoms with Crippen molar-refractivity contribution in [3.8, 4) is 44.5 Å². The Morgan fingerprint density at radius 1 is 0.400 bits per heavy atom. The van der Waals surface area contributed by atoms with E-state index >= 15 is 0 Å². The van der Waals surface area contributed by atoms with Crippen molar-refractivity contribution >= 4 is 43.5 Å². The lowest BCUT2D eigenvalue weighted by Gasteiger charge is -2.18. The summed E-state index contributed by atoms with van der Waals surface area (Å²) in [5.74, 6) is 0. The lowest BCUT2D eigenvalue weighted by molar-refractivity contribution is 0.670. The third-order valence-electron chi connectivity index (χ3n) is 8.43. The molecule has 45 heavy (non-hydrogen) atoms. The molecule has 0 aliphatic rings. The van der Waals surface area contributed by atoms with Crippen LogP contribution in [0.25, 0.3) is 88.0 Å². The van der Waals surface area contributed by atoms with Crippen LogP contribution in [0.4, 0.5) is 0 Å². The van der Waals surface area contributed by atoms with Crippen LogP contribution in [0, 0.1) is 0 Å². The number of furan rings is 1. The van der Waals surface area contributed by atoms with Crippen molar-refractivity contribution in [2.24, 2.45) is 0 Å². The fourth-order valence-corrected chi connectivity index (χ4v) is 6.48. The fraction of sp³-hybridized carbons (Fsp3) is 0. The third kappa shape index (κ3) is 4.17. The average Bonchev–Trinajstić information content (AvgIpc) is 3.58. The highest BCUT2D eigenvalue weighted by Gasteiger charge is 2.19. The quantitative estimate of drug-likeness (QED) is 0.188. The summed E-state index contributed by atoms with van der Waals surface area (Å²) in [6, 6.07) is 33.0. The van der Waals surface area contributed by atoms with Gasteiger partial charge in [-0.25, -0.2) is 0 Å². The van der Waals surface area contributed by atoms with Gasteiger partial charge >= 0.3 is 0 Å². The van der Waals surface area contributed by atoms with Gasteiger partial charge in [0.1, 0.15) is 11.2 Å². The highest BCUT2D eigenvalue weighted by atomic mass is 16.3. The molecule has 0 spiro atoms. The van der Waals surface area contributed by atoms with Gasteiger partial charge < -0.3 is 4.42 Å². The van der Waals surface area contributed by atoms with E-state index in [1.54, 1.807) is 0 Å². The monoisotopic (exact) mass is 581 g/mol. The third-order valence-corrected chi connectivity index (χ3v) is 8.43. The van der Waals surface area contributed by atoms with E-state index in [1.807, 2.05) is 78.9 Å². The topological polar surface area (TPSA) is 13.1 Å². The van der Waals surface area contributed by atoms with Crippen LogP contribution in [0.2, 0.25) is 0 Å². The largest absolute Gasteiger partial charge is 0.455 e. The SMILES string of the molecule is [2H]c1c([2H])c([2H])c(-c2c([2H])c([2H])c([2H])c(-c3c4ccccc4c(-c4ccc5c(c4)oc4c(-c6ccccc6)cccc45)c4ccccc34)c2[2H])c([2H])c1[2H]. The van der Waals surface area contributed by atoms with Crippen LogP contribution in [-0.2, 0) is 0 Å². The Kier molecular flexibility index (Phi) is 4.15. The van der Waals surface area contributed by atoms with Gasteiger partial charge in [0, 0.05) is 16.3 Å². The van der Waals surface area contributed by atoms with E-state index in [-0.39, 0.29) is 28.8 Å². The second-order valence-corrected chi connectivity index (χ2v) is 11.0. The summed E-state index contributed by atoms with van der Waals surface area (Å²) in [7, 11) is 0. The number of hydrogen-bond acceptors (Lipinski definition) is 1. The molecule has 0 bridgehead atoms. The van der Waals surface area contributed by atoms with Crippen LogP contribution in [0.1, 0.15) is 12.3 Å². The number of fused-ring (bicyclic) bond motifs is 5. The highest BCUT2D eigenvalue weighted by Crippen LogP contribution is 2.45. The molecule has 1 heteroatoms. The molecule has 1 heterocycles. The lowest BCUT2D eigenvalue weighted by atomic mass is 9.85. The zero-order chi connectivity index (χ0) is 37.6. The molecule has 1 nitrogen and oxygen atoms in total. The molecule has 9 aromatic rings. The van der Waals surface area contributed by atoms with Crippen molar-refractivity contribution in [2.75, 3.05) is 0 Å².